The van der Waals surface area contributed by atoms with Gasteiger partial charge >= 0.3 is 0 Å². The summed E-state index contributed by atoms with van der Waals surface area (Å²) < 4.78 is 0. The maximum Gasteiger partial charge on any atom is 0.0367 e. The molecule has 1 saturated heterocycles. The summed E-state index contributed by atoms with van der Waals surface area (Å²) in [5.74, 6) is 2.11. The van der Waals surface area contributed by atoms with E-state index in [0.717, 1.165) is 17.9 Å². The average molecular weight is 300 g/mol. The van der Waals surface area contributed by atoms with E-state index in [1.165, 1.54) is 64.0 Å². The van der Waals surface area contributed by atoms with Gasteiger partial charge in [0.25, 0.3) is 0 Å². The number of para-hydroxylation sites is 1. The molecular weight excluding hydrogens is 268 g/mol. The molecule has 2 aliphatic carbocycles. The highest BCUT2D eigenvalue weighted by Crippen LogP contribution is 2.46. The molecule has 1 aliphatic heterocycles. The van der Waals surface area contributed by atoms with E-state index < -0.39 is 0 Å². The topological polar surface area (TPSA) is 6.48 Å². The zero-order valence-electron chi connectivity index (χ0n) is 14.4. The molecule has 3 atom stereocenters. The van der Waals surface area contributed by atoms with Gasteiger partial charge in [-0.15, -0.1) is 0 Å². The molecule has 1 heterocycles. The van der Waals surface area contributed by atoms with Crippen LogP contribution in [-0.4, -0.2) is 37.1 Å². The molecule has 2 heteroatoms. The molecule has 1 aromatic carbocycles. The van der Waals surface area contributed by atoms with Crippen molar-refractivity contribution in [1.82, 2.24) is 4.90 Å². The highest BCUT2D eigenvalue weighted by molar-refractivity contribution is 5.46. The number of anilines is 1. The van der Waals surface area contributed by atoms with Crippen LogP contribution < -0.4 is 4.90 Å². The normalized spacial score (nSPS) is 31.0. The number of piperazine rings is 1. The van der Waals surface area contributed by atoms with Crippen LogP contribution in [0.25, 0.3) is 0 Å². The second kappa shape index (κ2) is 7.50. The van der Waals surface area contributed by atoms with Crippen molar-refractivity contribution in [2.75, 3.05) is 31.1 Å². The van der Waals surface area contributed by atoms with E-state index >= 15 is 0 Å². The van der Waals surface area contributed by atoms with E-state index in [9.17, 15) is 0 Å². The van der Waals surface area contributed by atoms with Crippen molar-refractivity contribution >= 4 is 5.69 Å². The second-order valence-electron chi connectivity index (χ2n) is 7.31. The third kappa shape index (κ3) is 3.48. The Balaban J connectivity index is 0.000000446. The number of nitrogens with zero attached hydrogens (tertiary/aromatic N) is 2. The van der Waals surface area contributed by atoms with Crippen LogP contribution in [0.15, 0.2) is 30.3 Å². The van der Waals surface area contributed by atoms with Crippen molar-refractivity contribution < 1.29 is 0 Å². The van der Waals surface area contributed by atoms with Crippen LogP contribution >= 0.6 is 0 Å². The largest absolute Gasteiger partial charge is 0.369 e. The Kier molecular flexibility index (Phi) is 5.41. The van der Waals surface area contributed by atoms with Gasteiger partial charge in [0.05, 0.1) is 0 Å². The average Bonchev–Trinajstić information content (AvgIpc) is 3.20. The molecule has 0 N–H and O–H groups in total. The van der Waals surface area contributed by atoms with Crippen molar-refractivity contribution in [1.29, 1.82) is 0 Å². The Morgan fingerprint density at radius 1 is 0.909 bits per heavy atom. The lowest BCUT2D eigenvalue weighted by atomic mass is 9.93. The molecule has 4 rings (SSSR count). The van der Waals surface area contributed by atoms with Crippen molar-refractivity contribution in [2.45, 2.75) is 52.0 Å². The number of fused-ring (bicyclic) bond motifs is 2. The summed E-state index contributed by atoms with van der Waals surface area (Å²) in [5, 5.41) is 0. The van der Waals surface area contributed by atoms with Gasteiger partial charge in [0.2, 0.25) is 0 Å². The lowest BCUT2D eigenvalue weighted by Crippen LogP contribution is -2.51. The summed E-state index contributed by atoms with van der Waals surface area (Å²) in [4.78, 5) is 5.34. The summed E-state index contributed by atoms with van der Waals surface area (Å²) in [7, 11) is 0. The maximum atomic E-state index is 2.79. The zero-order chi connectivity index (χ0) is 15.4. The van der Waals surface area contributed by atoms with Crippen molar-refractivity contribution in [2.24, 2.45) is 11.8 Å². The number of hydrogen-bond acceptors (Lipinski definition) is 2. The zero-order valence-corrected chi connectivity index (χ0v) is 14.4. The van der Waals surface area contributed by atoms with Crippen LogP contribution in [0, 0.1) is 11.8 Å². The van der Waals surface area contributed by atoms with Gasteiger partial charge in [0.1, 0.15) is 0 Å². The van der Waals surface area contributed by atoms with E-state index in [-0.39, 0.29) is 0 Å². The summed E-state index contributed by atoms with van der Waals surface area (Å²) in [6, 6.07) is 11.8. The van der Waals surface area contributed by atoms with E-state index in [1.807, 2.05) is 0 Å². The molecule has 0 amide bonds. The predicted octanol–water partition coefficient (Wildman–Crippen LogP) is 4.41. The molecule has 2 nitrogen and oxygen atoms in total. The quantitative estimate of drug-likeness (QED) is 0.798. The predicted molar refractivity (Wildman–Crippen MR) is 95.4 cm³/mol. The van der Waals surface area contributed by atoms with Crippen LogP contribution in [-0.2, 0) is 0 Å². The number of hydrogen-bond donors (Lipinski definition) is 0. The Morgan fingerprint density at radius 2 is 1.59 bits per heavy atom. The fourth-order valence-corrected chi connectivity index (χ4v) is 4.61. The van der Waals surface area contributed by atoms with E-state index in [2.05, 4.69) is 54.0 Å². The first-order valence-corrected chi connectivity index (χ1v) is 9.35. The minimum atomic E-state index is 0.927. The monoisotopic (exact) mass is 300 g/mol. The Labute approximate surface area is 136 Å². The van der Waals surface area contributed by atoms with Crippen LogP contribution in [0.3, 0.4) is 0 Å². The third-order valence-electron chi connectivity index (χ3n) is 5.61. The molecule has 22 heavy (non-hydrogen) atoms. The molecule has 2 bridgehead atoms. The number of rotatable bonds is 2. The molecule has 0 aromatic heterocycles. The van der Waals surface area contributed by atoms with Gasteiger partial charge in [-0.05, 0) is 43.2 Å². The van der Waals surface area contributed by atoms with Gasteiger partial charge in [0, 0.05) is 37.9 Å². The van der Waals surface area contributed by atoms with E-state index in [0.29, 0.717) is 0 Å². The van der Waals surface area contributed by atoms with Gasteiger partial charge in [-0.1, -0.05) is 44.9 Å². The Morgan fingerprint density at radius 3 is 2.14 bits per heavy atom. The van der Waals surface area contributed by atoms with Crippen LogP contribution in [0.1, 0.15) is 46.0 Å². The van der Waals surface area contributed by atoms with Crippen molar-refractivity contribution in [3.8, 4) is 0 Å². The van der Waals surface area contributed by atoms with Crippen molar-refractivity contribution in [3.05, 3.63) is 30.3 Å². The summed E-state index contributed by atoms with van der Waals surface area (Å²) >= 11 is 0. The highest BCUT2D eigenvalue weighted by atomic mass is 15.3. The van der Waals surface area contributed by atoms with E-state index in [1.54, 1.807) is 0 Å². The summed E-state index contributed by atoms with van der Waals surface area (Å²) in [5.41, 5.74) is 1.40. The Hall–Kier alpha value is -1.02. The minimum Gasteiger partial charge on any atom is -0.369 e. The van der Waals surface area contributed by atoms with Gasteiger partial charge < -0.3 is 4.90 Å². The van der Waals surface area contributed by atoms with Gasteiger partial charge in [0.15, 0.2) is 0 Å². The van der Waals surface area contributed by atoms with Crippen molar-refractivity contribution in [3.63, 3.8) is 0 Å². The minimum absolute atomic E-state index is 0.927. The smallest absolute Gasteiger partial charge is 0.0367 e. The van der Waals surface area contributed by atoms with E-state index in [4.69, 9.17) is 0 Å². The molecular formula is C20H32N2. The summed E-state index contributed by atoms with van der Waals surface area (Å²) in [6.45, 7) is 9.20. The maximum absolute atomic E-state index is 2.79. The lowest BCUT2D eigenvalue weighted by Gasteiger charge is -2.41. The molecule has 3 aliphatic rings. The first-order chi connectivity index (χ1) is 10.8. The fourth-order valence-electron chi connectivity index (χ4n) is 4.61. The second-order valence-corrected chi connectivity index (χ2v) is 7.31. The summed E-state index contributed by atoms with van der Waals surface area (Å²) in [6.07, 6.45) is 7.30. The van der Waals surface area contributed by atoms with Gasteiger partial charge in [-0.3, -0.25) is 4.90 Å². The molecule has 0 spiro atoms. The Bertz CT molecular complexity index is 436. The molecule has 3 unspecified atom stereocenters. The van der Waals surface area contributed by atoms with Crippen LogP contribution in [0.2, 0.25) is 0 Å². The first-order valence-electron chi connectivity index (χ1n) is 9.35. The SMILES string of the molecule is CCC.c1ccc(N2CCN(C3CC4CCC3C4)CC2)cc1. The third-order valence-corrected chi connectivity index (χ3v) is 5.61. The van der Waals surface area contributed by atoms with Gasteiger partial charge in [-0.25, -0.2) is 0 Å². The molecule has 3 fully saturated rings. The first kappa shape index (κ1) is 15.9. The molecule has 2 saturated carbocycles. The molecule has 122 valence electrons. The highest BCUT2D eigenvalue weighted by Gasteiger charge is 2.42. The molecule has 1 aromatic rings. The number of benzene rings is 1. The standard InChI is InChI=1S/C17H24N2.C3H8/c1-2-4-16(5-3-1)18-8-10-19(11-9-18)17-13-14-6-7-15(17)12-14;1-3-2/h1-5,14-15,17H,6-13H2;3H2,1-2H3. The molecule has 0 radical (unpaired) electrons. The van der Waals surface area contributed by atoms with Crippen LogP contribution in [0.4, 0.5) is 5.69 Å². The lowest BCUT2D eigenvalue weighted by molar-refractivity contribution is 0.135. The van der Waals surface area contributed by atoms with Gasteiger partial charge in [-0.2, -0.15) is 0 Å². The fraction of sp³-hybridized carbons (Fsp3) is 0.700. The van der Waals surface area contributed by atoms with Crippen LogP contribution in [0.5, 0.6) is 0 Å².